The molecule has 0 aromatic carbocycles. The molecule has 1 aromatic rings. The molecule has 15 heavy (non-hydrogen) atoms. The van der Waals surface area contributed by atoms with E-state index < -0.39 is 0 Å². The highest BCUT2D eigenvalue weighted by Gasteiger charge is 1.99. The summed E-state index contributed by atoms with van der Waals surface area (Å²) >= 11 is 4.74. The Morgan fingerprint density at radius 1 is 1.40 bits per heavy atom. The van der Waals surface area contributed by atoms with Gasteiger partial charge in [0.15, 0.2) is 3.92 Å². The van der Waals surface area contributed by atoms with Crippen molar-refractivity contribution in [2.75, 3.05) is 25.1 Å². The standard InChI is InChI=1S/C9H16BrN3OS/c1-7(2)3-5-14-6-4-11-9-13-12-8(10)15-9/h7H,3-6H2,1-2H3,(H,11,13). The van der Waals surface area contributed by atoms with Crippen LogP contribution in [0.1, 0.15) is 20.3 Å². The number of halogens is 1. The van der Waals surface area contributed by atoms with Crippen LogP contribution in [0.5, 0.6) is 0 Å². The first-order valence-corrected chi connectivity index (χ1v) is 6.60. The fourth-order valence-corrected chi connectivity index (χ4v) is 1.96. The van der Waals surface area contributed by atoms with E-state index >= 15 is 0 Å². The average molecular weight is 294 g/mol. The summed E-state index contributed by atoms with van der Waals surface area (Å²) in [5.41, 5.74) is 0. The van der Waals surface area contributed by atoms with Crippen LogP contribution in [-0.2, 0) is 4.74 Å². The van der Waals surface area contributed by atoms with E-state index in [4.69, 9.17) is 4.74 Å². The van der Waals surface area contributed by atoms with Gasteiger partial charge in [0.25, 0.3) is 0 Å². The number of nitrogens with one attached hydrogen (secondary N) is 1. The zero-order valence-electron chi connectivity index (χ0n) is 8.99. The minimum absolute atomic E-state index is 0.706. The molecule has 1 heterocycles. The van der Waals surface area contributed by atoms with Crippen LogP contribution in [-0.4, -0.2) is 30.0 Å². The maximum Gasteiger partial charge on any atom is 0.206 e. The molecular formula is C9H16BrN3OS. The van der Waals surface area contributed by atoms with E-state index in [0.717, 1.165) is 28.6 Å². The third kappa shape index (κ3) is 6.06. The molecule has 0 fully saturated rings. The second-order valence-electron chi connectivity index (χ2n) is 3.58. The summed E-state index contributed by atoms with van der Waals surface area (Å²) in [6.07, 6.45) is 1.12. The van der Waals surface area contributed by atoms with Gasteiger partial charge in [-0.25, -0.2) is 0 Å². The van der Waals surface area contributed by atoms with Crippen LogP contribution in [0, 0.1) is 5.92 Å². The lowest BCUT2D eigenvalue weighted by Crippen LogP contribution is -2.10. The average Bonchev–Trinajstić information content (AvgIpc) is 2.57. The Morgan fingerprint density at radius 3 is 2.80 bits per heavy atom. The van der Waals surface area contributed by atoms with Crippen molar-refractivity contribution < 1.29 is 4.74 Å². The first kappa shape index (κ1) is 12.9. The van der Waals surface area contributed by atoms with Gasteiger partial charge in [-0.05, 0) is 28.3 Å². The smallest absolute Gasteiger partial charge is 0.206 e. The van der Waals surface area contributed by atoms with Gasteiger partial charge in [-0.15, -0.1) is 10.2 Å². The molecule has 0 radical (unpaired) electrons. The number of aromatic nitrogens is 2. The van der Waals surface area contributed by atoms with Crippen LogP contribution < -0.4 is 5.32 Å². The molecule has 0 aliphatic heterocycles. The van der Waals surface area contributed by atoms with Gasteiger partial charge in [0, 0.05) is 13.2 Å². The minimum atomic E-state index is 0.706. The van der Waals surface area contributed by atoms with Crippen molar-refractivity contribution in [2.24, 2.45) is 5.92 Å². The highest BCUT2D eigenvalue weighted by molar-refractivity contribution is 9.11. The van der Waals surface area contributed by atoms with Gasteiger partial charge in [-0.1, -0.05) is 25.2 Å². The quantitative estimate of drug-likeness (QED) is 0.786. The van der Waals surface area contributed by atoms with Gasteiger partial charge in [-0.2, -0.15) is 0 Å². The van der Waals surface area contributed by atoms with Gasteiger partial charge >= 0.3 is 0 Å². The van der Waals surface area contributed by atoms with Crippen LogP contribution in [0.4, 0.5) is 5.13 Å². The number of ether oxygens (including phenoxy) is 1. The van der Waals surface area contributed by atoms with Crippen molar-refractivity contribution >= 4 is 32.4 Å². The second-order valence-corrected chi connectivity index (χ2v) is 5.84. The fourth-order valence-electron chi connectivity index (χ4n) is 0.928. The van der Waals surface area contributed by atoms with Crippen molar-refractivity contribution in [2.45, 2.75) is 20.3 Å². The minimum Gasteiger partial charge on any atom is -0.380 e. The molecule has 0 spiro atoms. The number of anilines is 1. The molecule has 86 valence electrons. The molecule has 0 bridgehead atoms. The monoisotopic (exact) mass is 293 g/mol. The number of hydrogen-bond donors (Lipinski definition) is 1. The maximum atomic E-state index is 5.46. The normalized spacial score (nSPS) is 10.9. The summed E-state index contributed by atoms with van der Waals surface area (Å²) in [6.45, 7) is 6.71. The van der Waals surface area contributed by atoms with E-state index in [1.54, 1.807) is 0 Å². The van der Waals surface area contributed by atoms with Crippen molar-refractivity contribution in [3.63, 3.8) is 0 Å². The van der Waals surface area contributed by atoms with Crippen molar-refractivity contribution in [1.29, 1.82) is 0 Å². The lowest BCUT2D eigenvalue weighted by molar-refractivity contribution is 0.132. The Hall–Kier alpha value is -0.200. The Morgan fingerprint density at radius 2 is 2.20 bits per heavy atom. The summed E-state index contributed by atoms with van der Waals surface area (Å²) in [5.74, 6) is 0.706. The van der Waals surface area contributed by atoms with Crippen molar-refractivity contribution in [1.82, 2.24) is 10.2 Å². The molecule has 0 unspecified atom stereocenters. The highest BCUT2D eigenvalue weighted by Crippen LogP contribution is 2.19. The van der Waals surface area contributed by atoms with Crippen LogP contribution >= 0.6 is 27.3 Å². The molecule has 6 heteroatoms. The van der Waals surface area contributed by atoms with E-state index in [0.29, 0.717) is 12.5 Å². The first-order chi connectivity index (χ1) is 7.18. The maximum absolute atomic E-state index is 5.46. The molecule has 0 aliphatic carbocycles. The largest absolute Gasteiger partial charge is 0.380 e. The SMILES string of the molecule is CC(C)CCOCCNc1nnc(Br)s1. The predicted octanol–water partition coefficient (Wildman–Crippen LogP) is 2.78. The second kappa shape index (κ2) is 7.14. The van der Waals surface area contributed by atoms with Gasteiger partial charge < -0.3 is 10.1 Å². The van der Waals surface area contributed by atoms with E-state index in [1.807, 2.05) is 0 Å². The summed E-state index contributed by atoms with van der Waals surface area (Å²) < 4.78 is 6.25. The van der Waals surface area contributed by atoms with Gasteiger partial charge in [-0.3, -0.25) is 0 Å². The molecule has 0 aliphatic rings. The van der Waals surface area contributed by atoms with Crippen LogP contribution in [0.25, 0.3) is 0 Å². The van der Waals surface area contributed by atoms with E-state index in [9.17, 15) is 0 Å². The highest BCUT2D eigenvalue weighted by atomic mass is 79.9. The first-order valence-electron chi connectivity index (χ1n) is 4.99. The molecule has 0 saturated carbocycles. The third-order valence-corrected chi connectivity index (χ3v) is 3.08. The number of hydrogen-bond acceptors (Lipinski definition) is 5. The Balaban J connectivity index is 1.98. The lowest BCUT2D eigenvalue weighted by Gasteiger charge is -2.06. The molecular weight excluding hydrogens is 278 g/mol. The summed E-state index contributed by atoms with van der Waals surface area (Å²) in [4.78, 5) is 0. The van der Waals surface area contributed by atoms with Crippen molar-refractivity contribution in [3.8, 4) is 0 Å². The Kier molecular flexibility index (Phi) is 6.12. The molecule has 4 nitrogen and oxygen atoms in total. The van der Waals surface area contributed by atoms with Crippen molar-refractivity contribution in [3.05, 3.63) is 3.92 Å². The third-order valence-electron chi connectivity index (χ3n) is 1.76. The van der Waals surface area contributed by atoms with Gasteiger partial charge in [0.1, 0.15) is 0 Å². The van der Waals surface area contributed by atoms with E-state index in [1.165, 1.54) is 11.3 Å². The molecule has 0 saturated heterocycles. The van der Waals surface area contributed by atoms with Gasteiger partial charge in [0.05, 0.1) is 6.61 Å². The molecule has 0 atom stereocenters. The Labute approximate surface area is 103 Å². The molecule has 1 rings (SSSR count). The number of rotatable bonds is 7. The topological polar surface area (TPSA) is 47.0 Å². The van der Waals surface area contributed by atoms with Crippen LogP contribution in [0.15, 0.2) is 3.92 Å². The summed E-state index contributed by atoms with van der Waals surface area (Å²) in [5, 5.41) is 11.7. The fraction of sp³-hybridized carbons (Fsp3) is 0.778. The van der Waals surface area contributed by atoms with Crippen LogP contribution in [0.2, 0.25) is 0 Å². The number of nitrogens with zero attached hydrogens (tertiary/aromatic N) is 2. The molecule has 1 aromatic heterocycles. The predicted molar refractivity (Wildman–Crippen MR) is 66.4 cm³/mol. The molecule has 1 N–H and O–H groups in total. The zero-order valence-corrected chi connectivity index (χ0v) is 11.4. The Bertz CT molecular complexity index is 280. The van der Waals surface area contributed by atoms with E-state index in [-0.39, 0.29) is 0 Å². The molecule has 0 amide bonds. The summed E-state index contributed by atoms with van der Waals surface area (Å²) in [6, 6.07) is 0. The zero-order chi connectivity index (χ0) is 11.1. The summed E-state index contributed by atoms with van der Waals surface area (Å²) in [7, 11) is 0. The lowest BCUT2D eigenvalue weighted by atomic mass is 10.1. The van der Waals surface area contributed by atoms with Crippen LogP contribution in [0.3, 0.4) is 0 Å². The van der Waals surface area contributed by atoms with E-state index in [2.05, 4.69) is 45.3 Å². The van der Waals surface area contributed by atoms with Gasteiger partial charge in [0.2, 0.25) is 5.13 Å².